The number of nitrogen functional groups attached to an aromatic ring is 1. The molecule has 0 saturated carbocycles. The van der Waals surface area contributed by atoms with Crippen LogP contribution in [0.25, 0.3) is 32.2 Å². The molecule has 9 rings (SSSR count). The number of benzene rings is 1. The van der Waals surface area contributed by atoms with E-state index < -0.39 is 17.5 Å². The molecule has 4 bridgehead atoms. The van der Waals surface area contributed by atoms with E-state index in [0.29, 0.717) is 49.6 Å². The third-order valence-corrected chi connectivity index (χ3v) is 11.7. The van der Waals surface area contributed by atoms with Crippen LogP contribution in [0.1, 0.15) is 31.2 Å². The van der Waals surface area contributed by atoms with E-state index in [9.17, 15) is 14.0 Å². The third kappa shape index (κ3) is 4.79. The van der Waals surface area contributed by atoms with Gasteiger partial charge in [0, 0.05) is 60.9 Å². The molecule has 0 spiro atoms. The second kappa shape index (κ2) is 11.4. The van der Waals surface area contributed by atoms with Gasteiger partial charge < -0.3 is 30.2 Å². The van der Waals surface area contributed by atoms with Crippen LogP contribution in [0.3, 0.4) is 0 Å². The number of halogens is 3. The van der Waals surface area contributed by atoms with E-state index in [4.69, 9.17) is 24.9 Å². The maximum atomic E-state index is 16.8. The van der Waals surface area contributed by atoms with Crippen LogP contribution >= 0.6 is 11.3 Å². The van der Waals surface area contributed by atoms with Crippen LogP contribution in [0, 0.1) is 34.2 Å². The third-order valence-electron chi connectivity index (χ3n) is 10.6. The summed E-state index contributed by atoms with van der Waals surface area (Å²) in [4.78, 5) is 18.5. The molecule has 11 nitrogen and oxygen atoms in total. The van der Waals surface area contributed by atoms with Crippen molar-refractivity contribution in [1.29, 1.82) is 5.26 Å². The highest BCUT2D eigenvalue weighted by Crippen LogP contribution is 2.44. The van der Waals surface area contributed by atoms with Crippen molar-refractivity contribution in [3.63, 3.8) is 0 Å². The summed E-state index contributed by atoms with van der Waals surface area (Å²) in [5.41, 5.74) is 5.25. The Morgan fingerprint density at radius 1 is 1.06 bits per heavy atom. The Bertz CT molecular complexity index is 1970. The molecule has 4 aromatic rings. The largest absolute Gasteiger partial charge is 0.463 e. The first kappa shape index (κ1) is 30.3. The topological polar surface area (TPSA) is 135 Å². The van der Waals surface area contributed by atoms with Crippen LogP contribution in [-0.2, 0) is 9.47 Å². The van der Waals surface area contributed by atoms with Gasteiger partial charge in [0.25, 0.3) is 0 Å². The van der Waals surface area contributed by atoms with Gasteiger partial charge in [0.05, 0.1) is 47.5 Å². The summed E-state index contributed by atoms with van der Waals surface area (Å²) in [5.74, 6) is -2.70. The second-order valence-electron chi connectivity index (χ2n) is 13.8. The molecule has 1 aromatic carbocycles. The number of nitriles is 1. The monoisotopic (exact) mass is 678 g/mol. The Labute approximate surface area is 277 Å². The number of nitrogens with one attached hydrogen (secondary N) is 1. The standard InChI is InChI=1S/C33H33F3N8O3S/c34-23-5-20(24-21(6-37)30(38)48-29(24)25(23)35)27-26(36)28-22(7-39-27)31(43-8-16-1-2-17(9-43)40-16)42-32(41-28)47-15-33(13-46-14-33)12-44-18-3-4-19(44)11-45-10-18/h5,7,16-19,40H,1-4,8-15,38H2. The zero-order chi connectivity index (χ0) is 32.7. The van der Waals surface area contributed by atoms with E-state index in [1.807, 2.05) is 6.07 Å². The van der Waals surface area contributed by atoms with Gasteiger partial charge in [-0.2, -0.15) is 15.2 Å². The lowest BCUT2D eigenvalue weighted by molar-refractivity contribution is -0.158. The van der Waals surface area contributed by atoms with E-state index in [-0.39, 0.29) is 67.5 Å². The number of piperazine rings is 1. The Morgan fingerprint density at radius 3 is 2.50 bits per heavy atom. The van der Waals surface area contributed by atoms with Crippen LogP contribution in [0.4, 0.5) is 24.0 Å². The Kier molecular flexibility index (Phi) is 7.18. The molecular formula is C33H33F3N8O3S. The fourth-order valence-electron chi connectivity index (χ4n) is 8.20. The number of morpholine rings is 1. The molecule has 48 heavy (non-hydrogen) atoms. The summed E-state index contributed by atoms with van der Waals surface area (Å²) in [5, 5.41) is 13.8. The Morgan fingerprint density at radius 2 is 1.81 bits per heavy atom. The van der Waals surface area contributed by atoms with Gasteiger partial charge in [-0.15, -0.1) is 11.3 Å². The molecule has 4 unspecified atom stereocenters. The molecule has 5 fully saturated rings. The molecular weight excluding hydrogens is 645 g/mol. The lowest BCUT2D eigenvalue weighted by Gasteiger charge is -2.47. The zero-order valence-electron chi connectivity index (χ0n) is 26.0. The number of hydrogen-bond donors (Lipinski definition) is 2. The summed E-state index contributed by atoms with van der Waals surface area (Å²) in [6.07, 6.45) is 5.75. The van der Waals surface area contributed by atoms with E-state index in [1.54, 1.807) is 0 Å². The van der Waals surface area contributed by atoms with Crippen molar-refractivity contribution in [2.45, 2.75) is 49.9 Å². The highest BCUT2D eigenvalue weighted by atomic mass is 32.1. The minimum Gasteiger partial charge on any atom is -0.463 e. The minimum absolute atomic E-state index is 0.00655. The predicted octanol–water partition coefficient (Wildman–Crippen LogP) is 3.98. The first-order chi connectivity index (χ1) is 23.3. The van der Waals surface area contributed by atoms with Gasteiger partial charge in [0.2, 0.25) is 0 Å². The van der Waals surface area contributed by atoms with Crippen LogP contribution in [0.15, 0.2) is 12.3 Å². The van der Waals surface area contributed by atoms with Crippen molar-refractivity contribution in [2.75, 3.05) is 63.3 Å². The smallest absolute Gasteiger partial charge is 0.319 e. The molecule has 3 N–H and O–H groups in total. The van der Waals surface area contributed by atoms with Crippen molar-refractivity contribution < 1.29 is 27.4 Å². The van der Waals surface area contributed by atoms with E-state index in [0.717, 1.165) is 62.8 Å². The number of nitrogens with two attached hydrogens (primary N) is 1. The zero-order valence-corrected chi connectivity index (χ0v) is 26.8. The van der Waals surface area contributed by atoms with Crippen LogP contribution in [0.5, 0.6) is 6.01 Å². The molecule has 5 aliphatic heterocycles. The number of anilines is 2. The SMILES string of the molecule is N#Cc1c(N)sc2c(F)c(F)cc(-c3ncc4c(N5CC6CCC(C5)N6)nc(OCC5(CN6C7CCC6COC7)COC5)nc4c3F)c12. The molecule has 3 aromatic heterocycles. The number of fused-ring (bicyclic) bond motifs is 6. The Balaban J connectivity index is 1.13. The van der Waals surface area contributed by atoms with Crippen molar-refractivity contribution in [2.24, 2.45) is 5.41 Å². The van der Waals surface area contributed by atoms with Crippen LogP contribution in [-0.4, -0.2) is 96.7 Å². The number of aromatic nitrogens is 3. The highest BCUT2D eigenvalue weighted by molar-refractivity contribution is 7.23. The summed E-state index contributed by atoms with van der Waals surface area (Å²) in [7, 11) is 0. The minimum atomic E-state index is -1.20. The summed E-state index contributed by atoms with van der Waals surface area (Å²) in [6.45, 7) is 4.95. The fraction of sp³-hybridized carbons (Fsp3) is 0.515. The van der Waals surface area contributed by atoms with E-state index in [1.165, 1.54) is 6.20 Å². The van der Waals surface area contributed by atoms with Gasteiger partial charge in [-0.3, -0.25) is 9.88 Å². The summed E-state index contributed by atoms with van der Waals surface area (Å²) < 4.78 is 64.2. The molecule has 250 valence electrons. The molecule has 0 aliphatic carbocycles. The number of thiophene rings is 1. The van der Waals surface area contributed by atoms with Gasteiger partial charge in [0.1, 0.15) is 34.7 Å². The molecule has 15 heteroatoms. The Hall–Kier alpha value is -3.81. The second-order valence-corrected chi connectivity index (χ2v) is 14.9. The van der Waals surface area contributed by atoms with Gasteiger partial charge >= 0.3 is 6.01 Å². The van der Waals surface area contributed by atoms with E-state index in [2.05, 4.69) is 25.1 Å². The molecule has 8 heterocycles. The molecule has 5 aliphatic rings. The first-order valence-corrected chi connectivity index (χ1v) is 17.1. The number of rotatable bonds is 7. The lowest BCUT2D eigenvalue weighted by Crippen LogP contribution is -2.58. The maximum absolute atomic E-state index is 16.8. The molecule has 5 saturated heterocycles. The van der Waals surface area contributed by atoms with Crippen LogP contribution in [0.2, 0.25) is 0 Å². The molecule has 0 amide bonds. The summed E-state index contributed by atoms with van der Waals surface area (Å²) >= 11 is 0.736. The number of nitrogens with zero attached hydrogens (tertiary/aromatic N) is 6. The van der Waals surface area contributed by atoms with Gasteiger partial charge in [-0.05, 0) is 31.7 Å². The van der Waals surface area contributed by atoms with Gasteiger partial charge in [0.15, 0.2) is 17.5 Å². The normalized spacial score (nSPS) is 26.2. The van der Waals surface area contributed by atoms with E-state index >= 15 is 4.39 Å². The fourth-order valence-corrected chi connectivity index (χ4v) is 9.17. The van der Waals surface area contributed by atoms with Crippen molar-refractivity contribution in [1.82, 2.24) is 25.2 Å². The lowest BCUT2D eigenvalue weighted by atomic mass is 9.85. The predicted molar refractivity (Wildman–Crippen MR) is 172 cm³/mol. The molecule has 4 atom stereocenters. The van der Waals surface area contributed by atoms with Gasteiger partial charge in [-0.25, -0.2) is 13.2 Å². The highest BCUT2D eigenvalue weighted by Gasteiger charge is 2.47. The maximum Gasteiger partial charge on any atom is 0.319 e. The number of hydrogen-bond acceptors (Lipinski definition) is 12. The average Bonchev–Trinajstić information content (AvgIpc) is 3.66. The molecule has 0 radical (unpaired) electrons. The first-order valence-electron chi connectivity index (χ1n) is 16.3. The summed E-state index contributed by atoms with van der Waals surface area (Å²) in [6, 6.07) is 4.15. The van der Waals surface area contributed by atoms with Crippen molar-refractivity contribution >= 4 is 43.1 Å². The van der Waals surface area contributed by atoms with Crippen molar-refractivity contribution in [3.05, 3.63) is 35.3 Å². The average molecular weight is 679 g/mol. The van der Waals surface area contributed by atoms with Crippen molar-refractivity contribution in [3.8, 4) is 23.3 Å². The van der Waals surface area contributed by atoms with Gasteiger partial charge in [-0.1, -0.05) is 0 Å². The van der Waals surface area contributed by atoms with Crippen LogP contribution < -0.4 is 20.7 Å². The number of ether oxygens (including phenoxy) is 3. The number of pyridine rings is 1. The quantitative estimate of drug-likeness (QED) is 0.294.